The summed E-state index contributed by atoms with van der Waals surface area (Å²) in [5, 5.41) is 2.68. The molecule has 0 aromatic heterocycles. The minimum Gasteiger partial charge on any atom is -0.388 e. The van der Waals surface area contributed by atoms with Crippen LogP contribution in [-0.4, -0.2) is 13.2 Å². The van der Waals surface area contributed by atoms with Gasteiger partial charge < -0.3 is 5.32 Å². The van der Waals surface area contributed by atoms with Crippen molar-refractivity contribution in [3.05, 3.63) is 35.6 Å². The predicted molar refractivity (Wildman–Crippen MR) is 56.4 cm³/mol. The molecule has 0 aromatic rings. The number of halogens is 3. The lowest BCUT2D eigenvalue weighted by atomic mass is 10.2. The average Bonchev–Trinajstić information content (AvgIpc) is 2.44. The largest absolute Gasteiger partial charge is 0.416 e. The normalized spacial score (nSPS) is 15.6. The van der Waals surface area contributed by atoms with Gasteiger partial charge in [-0.3, -0.25) is 0 Å². The van der Waals surface area contributed by atoms with Crippen LogP contribution in [-0.2, 0) is 0 Å². The maximum absolute atomic E-state index is 12.3. The maximum atomic E-state index is 12.3. The molecule has 0 saturated carbocycles. The summed E-state index contributed by atoms with van der Waals surface area (Å²) in [7, 11) is 1.59. The number of likely N-dealkylation sites (N-methyl/N-ethyl adjacent to an activating group) is 1. The summed E-state index contributed by atoms with van der Waals surface area (Å²) in [5.74, 6) is 0. The van der Waals surface area contributed by atoms with E-state index in [-0.39, 0.29) is 0 Å². The zero-order chi connectivity index (χ0) is 11.9. The Hall–Kier alpha value is -1.19. The summed E-state index contributed by atoms with van der Waals surface area (Å²) in [6.07, 6.45) is 1.64. The summed E-state index contributed by atoms with van der Waals surface area (Å²) in [5.41, 5.74) is -0.122. The van der Waals surface area contributed by atoms with Gasteiger partial charge in [-0.15, -0.1) is 0 Å². The Morgan fingerprint density at radius 1 is 1.27 bits per heavy atom. The van der Waals surface area contributed by atoms with Crippen LogP contribution in [0.2, 0.25) is 0 Å². The Kier molecular flexibility index (Phi) is 5.82. The number of rotatable bonds is 1. The van der Waals surface area contributed by atoms with Gasteiger partial charge >= 0.3 is 6.18 Å². The van der Waals surface area contributed by atoms with E-state index in [0.29, 0.717) is 12.1 Å². The third kappa shape index (κ3) is 4.72. The van der Waals surface area contributed by atoms with Crippen LogP contribution in [0.3, 0.4) is 0 Å². The minimum absolute atomic E-state index is 0.316. The minimum atomic E-state index is -4.26. The molecule has 0 saturated heterocycles. The Balaban J connectivity index is 0.000000921. The van der Waals surface area contributed by atoms with Gasteiger partial charge in [0.1, 0.15) is 0 Å². The van der Waals surface area contributed by atoms with Crippen LogP contribution in [0, 0.1) is 0 Å². The predicted octanol–water partition coefficient (Wildman–Crippen LogP) is 3.56. The number of alkyl halides is 3. The average molecular weight is 219 g/mol. The molecule has 0 atom stereocenters. The van der Waals surface area contributed by atoms with Crippen LogP contribution < -0.4 is 5.32 Å². The van der Waals surface area contributed by atoms with Gasteiger partial charge in [0.25, 0.3) is 0 Å². The van der Waals surface area contributed by atoms with E-state index in [1.807, 2.05) is 13.8 Å². The summed E-state index contributed by atoms with van der Waals surface area (Å²) < 4.78 is 36.8. The van der Waals surface area contributed by atoms with Crippen LogP contribution in [0.25, 0.3) is 0 Å². The van der Waals surface area contributed by atoms with Crippen molar-refractivity contribution in [2.45, 2.75) is 26.4 Å². The molecular weight excluding hydrogens is 203 g/mol. The van der Waals surface area contributed by atoms with Crippen LogP contribution in [0.5, 0.6) is 0 Å². The molecule has 0 radical (unpaired) electrons. The molecule has 0 aliphatic heterocycles. The Bertz CT molecular complexity index is 272. The second-order valence-corrected chi connectivity index (χ2v) is 2.64. The molecule has 1 nitrogen and oxygen atoms in total. The van der Waals surface area contributed by atoms with Gasteiger partial charge in [0.05, 0.1) is 5.57 Å². The molecular formula is C11H16F3N. The van der Waals surface area contributed by atoms with Gasteiger partial charge in [0.15, 0.2) is 0 Å². The fourth-order valence-electron chi connectivity index (χ4n) is 1.02. The van der Waals surface area contributed by atoms with Crippen molar-refractivity contribution >= 4 is 0 Å². The first kappa shape index (κ1) is 13.8. The summed E-state index contributed by atoms with van der Waals surface area (Å²) >= 11 is 0. The third-order valence-corrected chi connectivity index (χ3v) is 1.70. The smallest absolute Gasteiger partial charge is 0.388 e. The van der Waals surface area contributed by atoms with E-state index >= 15 is 0 Å². The fourth-order valence-corrected chi connectivity index (χ4v) is 1.02. The molecule has 1 aliphatic rings. The molecule has 0 bridgehead atoms. The Labute approximate surface area is 88.4 Å². The SMILES string of the molecule is CC.CNC1=CC(C(F)(F)F)=CCC=C1. The lowest BCUT2D eigenvalue weighted by Gasteiger charge is -2.07. The van der Waals surface area contributed by atoms with E-state index in [2.05, 4.69) is 5.32 Å². The lowest BCUT2D eigenvalue weighted by molar-refractivity contribution is -0.0884. The van der Waals surface area contributed by atoms with Gasteiger partial charge in [-0.2, -0.15) is 13.2 Å². The fraction of sp³-hybridized carbons (Fsp3) is 0.455. The molecule has 0 spiro atoms. The zero-order valence-corrected chi connectivity index (χ0v) is 9.15. The molecule has 0 heterocycles. The first-order chi connectivity index (χ1) is 7.04. The molecule has 0 unspecified atom stereocenters. The van der Waals surface area contributed by atoms with E-state index in [9.17, 15) is 13.2 Å². The van der Waals surface area contributed by atoms with Gasteiger partial charge in [-0.1, -0.05) is 26.0 Å². The molecule has 1 N–H and O–H groups in total. The van der Waals surface area contributed by atoms with Crippen molar-refractivity contribution in [2.24, 2.45) is 0 Å². The highest BCUT2D eigenvalue weighted by Crippen LogP contribution is 2.28. The van der Waals surface area contributed by atoms with Crippen LogP contribution in [0.1, 0.15) is 20.3 Å². The Morgan fingerprint density at radius 2 is 1.87 bits per heavy atom. The van der Waals surface area contributed by atoms with Gasteiger partial charge in [0.2, 0.25) is 0 Å². The van der Waals surface area contributed by atoms with Crippen LogP contribution >= 0.6 is 0 Å². The second-order valence-electron chi connectivity index (χ2n) is 2.64. The first-order valence-electron chi connectivity index (χ1n) is 4.87. The van der Waals surface area contributed by atoms with Gasteiger partial charge in [-0.05, 0) is 18.6 Å². The maximum Gasteiger partial charge on any atom is 0.416 e. The lowest BCUT2D eigenvalue weighted by Crippen LogP contribution is -2.12. The Morgan fingerprint density at radius 3 is 2.33 bits per heavy atom. The third-order valence-electron chi connectivity index (χ3n) is 1.70. The summed E-state index contributed by atoms with van der Waals surface area (Å²) in [4.78, 5) is 0. The molecule has 0 fully saturated rings. The number of hydrogen-bond donors (Lipinski definition) is 1. The van der Waals surface area contributed by atoms with Crippen molar-refractivity contribution < 1.29 is 13.2 Å². The number of hydrogen-bond acceptors (Lipinski definition) is 1. The number of nitrogens with one attached hydrogen (secondary N) is 1. The monoisotopic (exact) mass is 219 g/mol. The quantitative estimate of drug-likeness (QED) is 0.711. The van der Waals surface area contributed by atoms with E-state index in [1.54, 1.807) is 19.2 Å². The van der Waals surface area contributed by atoms with E-state index in [1.165, 1.54) is 6.08 Å². The molecule has 1 aliphatic carbocycles. The zero-order valence-electron chi connectivity index (χ0n) is 9.15. The second kappa shape index (κ2) is 6.32. The van der Waals surface area contributed by atoms with Crippen molar-refractivity contribution in [1.29, 1.82) is 0 Å². The number of allylic oxidation sites excluding steroid dienone is 5. The molecule has 15 heavy (non-hydrogen) atoms. The van der Waals surface area contributed by atoms with Crippen molar-refractivity contribution in [1.82, 2.24) is 5.32 Å². The molecule has 4 heteroatoms. The van der Waals surface area contributed by atoms with E-state index in [4.69, 9.17) is 0 Å². The van der Waals surface area contributed by atoms with Crippen LogP contribution in [0.4, 0.5) is 13.2 Å². The van der Waals surface area contributed by atoms with Crippen molar-refractivity contribution in [3.63, 3.8) is 0 Å². The first-order valence-corrected chi connectivity index (χ1v) is 4.87. The summed E-state index contributed by atoms with van der Waals surface area (Å²) in [6.45, 7) is 4.00. The molecule has 0 amide bonds. The van der Waals surface area contributed by atoms with Crippen LogP contribution in [0.15, 0.2) is 35.6 Å². The highest BCUT2D eigenvalue weighted by molar-refractivity contribution is 5.35. The summed E-state index contributed by atoms with van der Waals surface area (Å²) in [6, 6.07) is 0. The van der Waals surface area contributed by atoms with Gasteiger partial charge in [-0.25, -0.2) is 0 Å². The van der Waals surface area contributed by atoms with E-state index in [0.717, 1.165) is 6.08 Å². The highest BCUT2D eigenvalue weighted by atomic mass is 19.4. The standard InChI is InChI=1S/C9H10F3N.C2H6/c1-13-8-5-3-2-4-7(6-8)9(10,11)12;1-2/h3-6,13H,2H2,1H3;1-2H3. The molecule has 86 valence electrons. The molecule has 1 rings (SSSR count). The van der Waals surface area contributed by atoms with Gasteiger partial charge in [0, 0.05) is 12.7 Å². The topological polar surface area (TPSA) is 12.0 Å². The van der Waals surface area contributed by atoms with Crippen molar-refractivity contribution in [2.75, 3.05) is 7.05 Å². The molecule has 0 aromatic carbocycles. The van der Waals surface area contributed by atoms with E-state index < -0.39 is 11.7 Å². The highest BCUT2D eigenvalue weighted by Gasteiger charge is 2.32. The van der Waals surface area contributed by atoms with Crippen molar-refractivity contribution in [3.8, 4) is 0 Å².